The van der Waals surface area contributed by atoms with Gasteiger partial charge >= 0.3 is 0 Å². The molecule has 0 aliphatic rings. The number of ether oxygens (including phenoxy) is 1. The molecule has 2 rings (SSSR count). The van der Waals surface area contributed by atoms with Gasteiger partial charge in [0.05, 0.1) is 5.02 Å². The topological polar surface area (TPSA) is 33.0 Å². The largest absolute Gasteiger partial charge is 0.453 e. The molecule has 0 N–H and O–H groups in total. The van der Waals surface area contributed by atoms with Crippen LogP contribution in [0.4, 0.5) is 8.78 Å². The highest BCUT2D eigenvalue weighted by Gasteiger charge is 2.13. The van der Waals surface area contributed by atoms with Gasteiger partial charge in [-0.3, -0.25) is 0 Å². The Hall–Kier alpha value is -2.12. The number of nitrogens with zero attached hydrogens (tertiary/aromatic N) is 1. The molecule has 0 heterocycles. The van der Waals surface area contributed by atoms with Crippen LogP contribution >= 0.6 is 11.6 Å². The van der Waals surface area contributed by atoms with Gasteiger partial charge in [-0.15, -0.1) is 0 Å². The fourth-order valence-corrected chi connectivity index (χ4v) is 1.59. The zero-order chi connectivity index (χ0) is 13.1. The summed E-state index contributed by atoms with van der Waals surface area (Å²) in [5.74, 6) is -2.35. The lowest BCUT2D eigenvalue weighted by molar-refractivity contribution is 0.415. The molecule has 2 aromatic carbocycles. The Kier molecular flexibility index (Phi) is 3.45. The summed E-state index contributed by atoms with van der Waals surface area (Å²) in [5.41, 5.74) is 0.0721. The average Bonchev–Trinajstić information content (AvgIpc) is 2.35. The van der Waals surface area contributed by atoms with E-state index in [1.807, 2.05) is 6.07 Å². The van der Waals surface area contributed by atoms with Gasteiger partial charge in [-0.05, 0) is 24.3 Å². The van der Waals surface area contributed by atoms with E-state index in [4.69, 9.17) is 21.6 Å². The van der Waals surface area contributed by atoms with Gasteiger partial charge in [-0.2, -0.15) is 9.65 Å². The smallest absolute Gasteiger partial charge is 0.201 e. The van der Waals surface area contributed by atoms with E-state index in [1.54, 1.807) is 6.07 Å². The maximum atomic E-state index is 13.4. The van der Waals surface area contributed by atoms with Crippen molar-refractivity contribution in [2.75, 3.05) is 0 Å². The molecular formula is C13H6ClF2NO. The molecule has 2 aromatic rings. The molecule has 0 saturated heterocycles. The summed E-state index contributed by atoms with van der Waals surface area (Å²) >= 11 is 5.80. The molecule has 5 heteroatoms. The molecule has 90 valence electrons. The molecule has 2 nitrogen and oxygen atoms in total. The van der Waals surface area contributed by atoms with Gasteiger partial charge < -0.3 is 4.74 Å². The third-order valence-corrected chi connectivity index (χ3v) is 2.54. The molecule has 0 fully saturated rings. The Morgan fingerprint density at radius 2 is 1.72 bits per heavy atom. The molecule has 0 bridgehead atoms. The third kappa shape index (κ3) is 2.27. The summed E-state index contributed by atoms with van der Waals surface area (Å²) in [6.45, 7) is 0. The van der Waals surface area contributed by atoms with Gasteiger partial charge in [-0.25, -0.2) is 4.39 Å². The highest BCUT2D eigenvalue weighted by Crippen LogP contribution is 2.31. The van der Waals surface area contributed by atoms with E-state index in [0.717, 1.165) is 6.07 Å². The Labute approximate surface area is 107 Å². The van der Waals surface area contributed by atoms with Gasteiger partial charge in [0, 0.05) is 0 Å². The number of nitriles is 1. The molecule has 0 atom stereocenters. The van der Waals surface area contributed by atoms with Gasteiger partial charge in [0.2, 0.25) is 5.82 Å². The Balaban J connectivity index is 2.44. The number of benzene rings is 2. The van der Waals surface area contributed by atoms with Crippen molar-refractivity contribution >= 4 is 11.6 Å². The lowest BCUT2D eigenvalue weighted by atomic mass is 10.2. The zero-order valence-corrected chi connectivity index (χ0v) is 9.71. The second kappa shape index (κ2) is 5.03. The third-order valence-electron chi connectivity index (χ3n) is 2.22. The normalized spacial score (nSPS) is 9.89. The van der Waals surface area contributed by atoms with E-state index >= 15 is 0 Å². The summed E-state index contributed by atoms with van der Waals surface area (Å²) < 4.78 is 31.6. The molecule has 0 aromatic heterocycles. The fraction of sp³-hybridized carbons (Fsp3) is 0. The molecule has 0 aliphatic heterocycles. The fourth-order valence-electron chi connectivity index (χ4n) is 1.38. The summed E-state index contributed by atoms with van der Waals surface area (Å²) in [6.07, 6.45) is 0. The zero-order valence-electron chi connectivity index (χ0n) is 8.95. The Morgan fingerprint density at radius 1 is 1.06 bits per heavy atom. The van der Waals surface area contributed by atoms with Crippen molar-refractivity contribution in [1.29, 1.82) is 5.26 Å². The van der Waals surface area contributed by atoms with Crippen LogP contribution in [-0.2, 0) is 0 Å². The average molecular weight is 266 g/mol. The van der Waals surface area contributed by atoms with Crippen molar-refractivity contribution in [3.8, 4) is 17.6 Å². The minimum atomic E-state index is -1.11. The summed E-state index contributed by atoms with van der Waals surface area (Å²) in [7, 11) is 0. The highest BCUT2D eigenvalue weighted by atomic mass is 35.5. The van der Waals surface area contributed by atoms with E-state index < -0.39 is 11.6 Å². The number of hydrogen-bond donors (Lipinski definition) is 0. The summed E-state index contributed by atoms with van der Waals surface area (Å²) in [6, 6.07) is 9.91. The first-order valence-corrected chi connectivity index (χ1v) is 5.31. The highest BCUT2D eigenvalue weighted by molar-refractivity contribution is 6.31. The van der Waals surface area contributed by atoms with Crippen molar-refractivity contribution in [2.24, 2.45) is 0 Å². The monoisotopic (exact) mass is 265 g/mol. The van der Waals surface area contributed by atoms with Crippen LogP contribution in [-0.4, -0.2) is 0 Å². The minimum absolute atomic E-state index is 0.0721. The quantitative estimate of drug-likeness (QED) is 0.812. The number of rotatable bonds is 2. The maximum absolute atomic E-state index is 13.4. The SMILES string of the molecule is N#Cc1c(Cl)cccc1Oc1cccc(F)c1F. The molecule has 0 radical (unpaired) electrons. The standard InChI is InChI=1S/C13H6ClF2NO/c14-9-3-1-5-11(8(9)7-17)18-12-6-2-4-10(15)13(12)16/h1-6H. The molecular weight excluding hydrogens is 260 g/mol. The molecule has 0 aliphatic carbocycles. The molecule has 0 amide bonds. The molecule has 0 spiro atoms. The van der Waals surface area contributed by atoms with Crippen molar-refractivity contribution in [3.05, 3.63) is 58.6 Å². The second-order valence-electron chi connectivity index (χ2n) is 3.38. The van der Waals surface area contributed by atoms with Crippen molar-refractivity contribution < 1.29 is 13.5 Å². The van der Waals surface area contributed by atoms with Crippen LogP contribution in [0.2, 0.25) is 5.02 Å². The Bertz CT molecular complexity index is 637. The van der Waals surface area contributed by atoms with Crippen molar-refractivity contribution in [3.63, 3.8) is 0 Å². The van der Waals surface area contributed by atoms with E-state index in [0.29, 0.717) is 0 Å². The lowest BCUT2D eigenvalue weighted by Gasteiger charge is -2.09. The van der Waals surface area contributed by atoms with Crippen LogP contribution in [0, 0.1) is 23.0 Å². The van der Waals surface area contributed by atoms with E-state index in [1.165, 1.54) is 24.3 Å². The molecule has 0 unspecified atom stereocenters. The maximum Gasteiger partial charge on any atom is 0.201 e. The van der Waals surface area contributed by atoms with Gasteiger partial charge in [-0.1, -0.05) is 23.7 Å². The Morgan fingerprint density at radius 3 is 2.44 bits per heavy atom. The minimum Gasteiger partial charge on any atom is -0.453 e. The second-order valence-corrected chi connectivity index (χ2v) is 3.79. The van der Waals surface area contributed by atoms with Crippen molar-refractivity contribution in [1.82, 2.24) is 0 Å². The van der Waals surface area contributed by atoms with Gasteiger partial charge in [0.1, 0.15) is 17.4 Å². The lowest BCUT2D eigenvalue weighted by Crippen LogP contribution is -1.93. The first kappa shape index (κ1) is 12.3. The first-order valence-electron chi connectivity index (χ1n) is 4.94. The van der Waals surface area contributed by atoms with E-state index in [-0.39, 0.29) is 22.1 Å². The van der Waals surface area contributed by atoms with Crippen molar-refractivity contribution in [2.45, 2.75) is 0 Å². The predicted octanol–water partition coefficient (Wildman–Crippen LogP) is 4.28. The van der Waals surface area contributed by atoms with Crippen LogP contribution in [0.5, 0.6) is 11.5 Å². The molecule has 0 saturated carbocycles. The van der Waals surface area contributed by atoms with E-state index in [2.05, 4.69) is 0 Å². The van der Waals surface area contributed by atoms with Crippen LogP contribution < -0.4 is 4.74 Å². The summed E-state index contributed by atoms with van der Waals surface area (Å²) in [4.78, 5) is 0. The van der Waals surface area contributed by atoms with Gasteiger partial charge in [0.25, 0.3) is 0 Å². The van der Waals surface area contributed by atoms with Crippen LogP contribution in [0.3, 0.4) is 0 Å². The van der Waals surface area contributed by atoms with Crippen LogP contribution in [0.1, 0.15) is 5.56 Å². The van der Waals surface area contributed by atoms with Crippen LogP contribution in [0.25, 0.3) is 0 Å². The molecule has 18 heavy (non-hydrogen) atoms. The van der Waals surface area contributed by atoms with Gasteiger partial charge in [0.15, 0.2) is 11.6 Å². The van der Waals surface area contributed by atoms with Crippen LogP contribution in [0.15, 0.2) is 36.4 Å². The predicted molar refractivity (Wildman–Crippen MR) is 62.6 cm³/mol. The summed E-state index contributed by atoms with van der Waals surface area (Å²) in [5, 5.41) is 9.11. The number of hydrogen-bond acceptors (Lipinski definition) is 2. The van der Waals surface area contributed by atoms with E-state index in [9.17, 15) is 8.78 Å². The number of halogens is 3. The first-order chi connectivity index (χ1) is 8.63.